The maximum absolute atomic E-state index is 13.7. The number of phenols is 1. The topological polar surface area (TPSA) is 156 Å². The molecule has 1 aliphatic carbocycles. The van der Waals surface area contributed by atoms with Crippen molar-refractivity contribution in [2.45, 2.75) is 96.7 Å². The molecule has 0 fully saturated rings. The number of nitrogens with two attached hydrogens (primary N) is 1. The van der Waals surface area contributed by atoms with Crippen molar-refractivity contribution < 1.29 is 34.3 Å². The molecule has 0 saturated heterocycles. The highest BCUT2D eigenvalue weighted by atomic mass is 16.5. The van der Waals surface area contributed by atoms with Crippen molar-refractivity contribution in [3.8, 4) is 29.3 Å². The van der Waals surface area contributed by atoms with Gasteiger partial charge in [0.1, 0.15) is 36.1 Å². The fraction of sp³-hybridized carbons (Fsp3) is 0.400. The van der Waals surface area contributed by atoms with Crippen LogP contribution in [0, 0.1) is 23.9 Å². The number of Topliss-reactive ketones (excluding diaryl/α,β-unsaturated/α-hetero) is 1. The van der Waals surface area contributed by atoms with Gasteiger partial charge in [-0.05, 0) is 144 Å². The number of nitrogens with one attached hydrogen (secondary N) is 1. The summed E-state index contributed by atoms with van der Waals surface area (Å²) in [6, 6.07) is 21.9. The first-order valence-electron chi connectivity index (χ1n) is 21.2. The first-order valence-corrected chi connectivity index (χ1v) is 21.2. The van der Waals surface area contributed by atoms with Gasteiger partial charge in [0, 0.05) is 44.2 Å². The Hall–Kier alpha value is -5.92. The number of ketones is 1. The molecule has 0 spiro atoms. The Labute approximate surface area is 354 Å². The monoisotopic (exact) mass is 813 g/mol. The number of rotatable bonds is 13. The van der Waals surface area contributed by atoms with Gasteiger partial charge >= 0.3 is 0 Å². The van der Waals surface area contributed by atoms with Crippen LogP contribution in [0.25, 0.3) is 10.8 Å². The fourth-order valence-corrected chi connectivity index (χ4v) is 8.31. The number of fused-ring (bicyclic) bond motifs is 9. The molecule has 6 bridgehead atoms. The third-order valence-corrected chi connectivity index (χ3v) is 11.6. The molecule has 60 heavy (non-hydrogen) atoms. The van der Waals surface area contributed by atoms with E-state index < -0.39 is 6.10 Å². The highest BCUT2D eigenvalue weighted by Crippen LogP contribution is 2.37. The lowest BCUT2D eigenvalue weighted by atomic mass is 9.77. The number of anilines is 1. The van der Waals surface area contributed by atoms with E-state index in [9.17, 15) is 20.1 Å². The van der Waals surface area contributed by atoms with Gasteiger partial charge in [0.25, 0.3) is 0 Å². The van der Waals surface area contributed by atoms with Crippen molar-refractivity contribution in [2.75, 3.05) is 26.1 Å². The molecule has 10 nitrogen and oxygen atoms in total. The third kappa shape index (κ3) is 11.6. The van der Waals surface area contributed by atoms with Crippen molar-refractivity contribution in [3.63, 3.8) is 0 Å². The molecule has 10 heteroatoms. The second-order valence-corrected chi connectivity index (χ2v) is 15.8. The lowest BCUT2D eigenvalue weighted by molar-refractivity contribution is -0.121. The van der Waals surface area contributed by atoms with Crippen molar-refractivity contribution in [1.82, 2.24) is 0 Å². The van der Waals surface area contributed by atoms with Gasteiger partial charge in [-0.25, -0.2) is 0 Å². The smallest absolute Gasteiger partial charge is 0.192 e. The third-order valence-electron chi connectivity index (χ3n) is 11.6. The van der Waals surface area contributed by atoms with E-state index in [1.54, 1.807) is 14.2 Å². The quantitative estimate of drug-likeness (QED) is 0.0385. The van der Waals surface area contributed by atoms with Gasteiger partial charge < -0.3 is 40.6 Å². The number of methoxy groups -OCH3 is 1. The molecule has 0 saturated carbocycles. The minimum Gasteiger partial charge on any atom is -0.508 e. The van der Waals surface area contributed by atoms with Crippen LogP contribution in [0.5, 0.6) is 17.2 Å². The number of benzene rings is 4. The fourth-order valence-electron chi connectivity index (χ4n) is 8.31. The number of aliphatic hydroxyl groups excluding tert-OH is 2. The van der Waals surface area contributed by atoms with Crippen LogP contribution in [0.3, 0.4) is 0 Å². The number of aliphatic hydroxyl groups is 2. The van der Waals surface area contributed by atoms with Gasteiger partial charge in [-0.15, -0.1) is 0 Å². The number of allylic oxidation sites excluding steroid dienone is 3. The Morgan fingerprint density at radius 2 is 1.82 bits per heavy atom. The summed E-state index contributed by atoms with van der Waals surface area (Å²) in [5, 5.41) is 37.0. The number of aryl methyl sites for hydroxylation is 3. The zero-order chi connectivity index (χ0) is 42.4. The van der Waals surface area contributed by atoms with Gasteiger partial charge in [0.05, 0.1) is 7.11 Å². The lowest BCUT2D eigenvalue weighted by Crippen LogP contribution is -2.25. The van der Waals surface area contributed by atoms with E-state index in [-0.39, 0.29) is 48.6 Å². The zero-order valence-electron chi connectivity index (χ0n) is 35.1. The summed E-state index contributed by atoms with van der Waals surface area (Å²) in [5.41, 5.74) is 12.5. The van der Waals surface area contributed by atoms with E-state index >= 15 is 0 Å². The van der Waals surface area contributed by atoms with Crippen molar-refractivity contribution in [2.24, 2.45) is 22.6 Å². The second kappa shape index (κ2) is 21.4. The number of phenolic OH excluding ortho intramolecular Hbond substituents is 1. The molecule has 2 heterocycles. The number of aliphatic imine (C=N–C) groups is 1. The molecule has 0 unspecified atom stereocenters. The number of guanidine groups is 1. The van der Waals surface area contributed by atoms with Crippen LogP contribution in [-0.4, -0.2) is 53.9 Å². The summed E-state index contributed by atoms with van der Waals surface area (Å²) in [6.07, 6.45) is 13.8. The Kier molecular flexibility index (Phi) is 15.5. The number of nitrogens with zero attached hydrogens (tertiary/aromatic N) is 1. The van der Waals surface area contributed by atoms with E-state index in [0.29, 0.717) is 61.7 Å². The Morgan fingerprint density at radius 1 is 0.967 bits per heavy atom. The van der Waals surface area contributed by atoms with E-state index in [1.165, 1.54) is 5.56 Å². The minimum absolute atomic E-state index is 0.0430. The number of carbonyl (C=O) groups excluding carboxylic acids is 1. The van der Waals surface area contributed by atoms with Crippen LogP contribution < -0.4 is 20.5 Å². The molecule has 4 aromatic rings. The largest absolute Gasteiger partial charge is 0.508 e. The van der Waals surface area contributed by atoms with E-state index in [2.05, 4.69) is 53.5 Å². The first-order chi connectivity index (χ1) is 29.2. The maximum atomic E-state index is 13.7. The summed E-state index contributed by atoms with van der Waals surface area (Å²) >= 11 is 0. The van der Waals surface area contributed by atoms with Gasteiger partial charge in [-0.1, -0.05) is 55.7 Å². The second-order valence-electron chi connectivity index (χ2n) is 15.8. The number of unbranched alkanes of at least 4 members (excludes halogenated alkanes) is 1. The number of carbonyl (C=O) groups is 1. The molecular weight excluding hydrogens is 755 g/mol. The SMILES string of the molecule is CCc1cc(O)c2c3ccc(cc13)COc1cc(ccc1OC)CCC(=O)C[C@H](C[C@H]1C=C(O)C(CCCO)=C[C@@H]1CCCCc1cccc(NC(N)=NC)c1)OC#CC2. The minimum atomic E-state index is -0.532. The van der Waals surface area contributed by atoms with Gasteiger partial charge in [0.15, 0.2) is 17.5 Å². The average molecular weight is 814 g/mol. The highest BCUT2D eigenvalue weighted by Gasteiger charge is 2.29. The van der Waals surface area contributed by atoms with Crippen LogP contribution in [0.4, 0.5) is 5.69 Å². The molecular formula is C50H59N3O7. The molecule has 0 radical (unpaired) electrons. The number of ether oxygens (including phenoxy) is 3. The summed E-state index contributed by atoms with van der Waals surface area (Å²) in [5.74, 6) is 5.18. The van der Waals surface area contributed by atoms with Crippen molar-refractivity contribution >= 4 is 28.2 Å². The Balaban J connectivity index is 1.24. The van der Waals surface area contributed by atoms with Crippen molar-refractivity contribution in [3.05, 3.63) is 118 Å². The zero-order valence-corrected chi connectivity index (χ0v) is 35.1. The van der Waals surface area contributed by atoms with Crippen LogP contribution in [0.15, 0.2) is 95.2 Å². The molecule has 316 valence electrons. The average Bonchev–Trinajstić information content (AvgIpc) is 3.25. The molecule has 4 aromatic carbocycles. The Morgan fingerprint density at radius 3 is 2.62 bits per heavy atom. The predicted molar refractivity (Wildman–Crippen MR) is 238 cm³/mol. The van der Waals surface area contributed by atoms with Crippen LogP contribution in [-0.2, 0) is 41.8 Å². The Bertz CT molecular complexity index is 2280. The maximum Gasteiger partial charge on any atom is 0.192 e. The molecule has 2 aliphatic heterocycles. The van der Waals surface area contributed by atoms with Crippen molar-refractivity contribution in [1.29, 1.82) is 0 Å². The molecule has 3 atom stereocenters. The van der Waals surface area contributed by atoms with Gasteiger partial charge in [0.2, 0.25) is 0 Å². The van der Waals surface area contributed by atoms with E-state index in [0.717, 1.165) is 70.8 Å². The normalized spacial score (nSPS) is 18.6. The number of hydrogen-bond donors (Lipinski definition) is 5. The van der Waals surface area contributed by atoms with E-state index in [4.69, 9.17) is 19.9 Å². The summed E-state index contributed by atoms with van der Waals surface area (Å²) in [7, 11) is 3.26. The predicted octanol–water partition coefficient (Wildman–Crippen LogP) is 9.04. The molecule has 0 aromatic heterocycles. The molecule has 0 amide bonds. The van der Waals surface area contributed by atoms with Gasteiger partial charge in [-0.2, -0.15) is 0 Å². The first kappa shape index (κ1) is 43.7. The number of aromatic hydroxyl groups is 1. The van der Waals surface area contributed by atoms with Crippen LogP contribution in [0.2, 0.25) is 0 Å². The number of hydrogen-bond acceptors (Lipinski definition) is 8. The summed E-state index contributed by atoms with van der Waals surface area (Å²) in [4.78, 5) is 17.7. The van der Waals surface area contributed by atoms with Crippen LogP contribution in [0.1, 0.15) is 86.1 Å². The molecule has 6 N–H and O–H groups in total. The summed E-state index contributed by atoms with van der Waals surface area (Å²) < 4.78 is 18.2. The highest BCUT2D eigenvalue weighted by molar-refractivity contribution is 5.92. The van der Waals surface area contributed by atoms with Crippen LogP contribution >= 0.6 is 0 Å². The lowest BCUT2D eigenvalue weighted by Gasteiger charge is -2.30. The summed E-state index contributed by atoms with van der Waals surface area (Å²) in [6.45, 7) is 2.44. The van der Waals surface area contributed by atoms with E-state index in [1.807, 2.05) is 54.6 Å². The molecule has 7 rings (SSSR count). The molecule has 3 aliphatic rings. The van der Waals surface area contributed by atoms with Gasteiger partial charge in [-0.3, -0.25) is 9.79 Å². The standard InChI is InChI=1S/C50H59N3O7/c1-4-36-29-47(57)44-15-9-23-59-42(31-41(55)19-16-34-18-21-48(58-3)49(26-34)60-32-35-17-20-43(44)45(36)25-35)28-39-30-46(56)38(13-8-22-54)27-37(39)12-6-5-10-33-11-7-14-40(24-33)53-50(51)52-2/h7,11,14,17-18,20-21,24-27,29-30,37,39,42,54,56-57H,4-6,8,10,12-13,15-16,19,22,28,31-32H2,1-3H3,(H3,51,52,53)/t37-,39-,42-/m0/s1.